The summed E-state index contributed by atoms with van der Waals surface area (Å²) in [6.45, 7) is 6.76. The number of urea groups is 1. The predicted molar refractivity (Wildman–Crippen MR) is 89.5 cm³/mol. The molecule has 1 N–H and O–H groups in total. The van der Waals surface area contributed by atoms with E-state index in [1.165, 1.54) is 0 Å². The van der Waals surface area contributed by atoms with Gasteiger partial charge in [0.05, 0.1) is 11.7 Å². The van der Waals surface area contributed by atoms with Crippen molar-refractivity contribution in [3.05, 3.63) is 46.8 Å². The zero-order valence-corrected chi connectivity index (χ0v) is 13.9. The minimum atomic E-state index is -0.0514. The highest BCUT2D eigenvalue weighted by Gasteiger charge is 2.34. The minimum Gasteiger partial charge on any atom is -0.361 e. The Balaban J connectivity index is 1.83. The lowest BCUT2D eigenvalue weighted by molar-refractivity contribution is 0.206. The first kappa shape index (κ1) is 15.6. The van der Waals surface area contributed by atoms with E-state index in [0.29, 0.717) is 0 Å². The van der Waals surface area contributed by atoms with E-state index in [2.05, 4.69) is 17.4 Å². The molecule has 0 saturated carbocycles. The number of hydrogen-bond donors (Lipinski definition) is 1. The van der Waals surface area contributed by atoms with E-state index in [1.54, 1.807) is 0 Å². The molecule has 5 heteroatoms. The molecule has 2 amide bonds. The Hall–Kier alpha value is -2.30. The summed E-state index contributed by atoms with van der Waals surface area (Å²) in [6, 6.07) is 7.84. The van der Waals surface area contributed by atoms with E-state index in [4.69, 9.17) is 4.52 Å². The van der Waals surface area contributed by atoms with Crippen molar-refractivity contribution in [1.82, 2.24) is 10.1 Å². The quantitative estimate of drug-likeness (QED) is 0.923. The minimum absolute atomic E-state index is 0.0514. The number of rotatable bonds is 3. The van der Waals surface area contributed by atoms with Gasteiger partial charge in [-0.3, -0.25) is 0 Å². The van der Waals surface area contributed by atoms with Crippen molar-refractivity contribution in [2.24, 2.45) is 0 Å². The number of carbonyl (C=O) groups excluding carboxylic acids is 1. The van der Waals surface area contributed by atoms with Crippen molar-refractivity contribution in [2.75, 3.05) is 11.9 Å². The predicted octanol–water partition coefficient (Wildman–Crippen LogP) is 4.22. The standard InChI is InChI=1S/C18H23N3O2/c1-4-16-17(13(3)20-23-16)15-10-7-11-21(15)18(22)19-14-9-6-5-8-12(14)2/h5-6,8-9,15H,4,7,10-11H2,1-3H3,(H,19,22)/t15-/m0/s1. The lowest BCUT2D eigenvalue weighted by atomic mass is 10.0. The van der Waals surface area contributed by atoms with Gasteiger partial charge in [0.15, 0.2) is 0 Å². The van der Waals surface area contributed by atoms with Crippen molar-refractivity contribution in [3.8, 4) is 0 Å². The van der Waals surface area contributed by atoms with Crippen LogP contribution in [0.25, 0.3) is 0 Å². The van der Waals surface area contributed by atoms with Gasteiger partial charge in [0, 0.05) is 24.2 Å². The summed E-state index contributed by atoms with van der Waals surface area (Å²) in [6.07, 6.45) is 2.75. The van der Waals surface area contributed by atoms with Crippen molar-refractivity contribution in [1.29, 1.82) is 0 Å². The lowest BCUT2D eigenvalue weighted by Crippen LogP contribution is -2.35. The molecule has 0 spiro atoms. The fraction of sp³-hybridized carbons (Fsp3) is 0.444. The molecule has 23 heavy (non-hydrogen) atoms. The molecule has 1 aliphatic heterocycles. The number of anilines is 1. The molecule has 1 saturated heterocycles. The summed E-state index contributed by atoms with van der Waals surface area (Å²) >= 11 is 0. The fourth-order valence-electron chi connectivity index (χ4n) is 3.32. The Labute approximate surface area is 136 Å². The number of aromatic nitrogens is 1. The van der Waals surface area contributed by atoms with Crippen LogP contribution in [0.15, 0.2) is 28.8 Å². The molecule has 2 heterocycles. The first-order valence-electron chi connectivity index (χ1n) is 8.20. The van der Waals surface area contributed by atoms with Crippen LogP contribution < -0.4 is 5.32 Å². The number of nitrogens with zero attached hydrogens (tertiary/aromatic N) is 2. The molecule has 122 valence electrons. The molecule has 0 aliphatic carbocycles. The monoisotopic (exact) mass is 313 g/mol. The number of hydrogen-bond acceptors (Lipinski definition) is 3. The molecule has 0 bridgehead atoms. The molecule has 1 aromatic carbocycles. The highest BCUT2D eigenvalue weighted by Crippen LogP contribution is 2.36. The smallest absolute Gasteiger partial charge is 0.322 e. The van der Waals surface area contributed by atoms with Crippen molar-refractivity contribution < 1.29 is 9.32 Å². The lowest BCUT2D eigenvalue weighted by Gasteiger charge is -2.25. The van der Waals surface area contributed by atoms with Crippen LogP contribution in [0.5, 0.6) is 0 Å². The average molecular weight is 313 g/mol. The van der Waals surface area contributed by atoms with Crippen LogP contribution in [0.2, 0.25) is 0 Å². The van der Waals surface area contributed by atoms with E-state index in [1.807, 2.05) is 43.0 Å². The molecule has 0 unspecified atom stereocenters. The third kappa shape index (κ3) is 2.96. The van der Waals surface area contributed by atoms with Gasteiger partial charge in [-0.25, -0.2) is 4.79 Å². The summed E-state index contributed by atoms with van der Waals surface area (Å²) in [7, 11) is 0. The normalized spacial score (nSPS) is 17.5. The molecule has 0 radical (unpaired) electrons. The van der Waals surface area contributed by atoms with Gasteiger partial charge in [-0.15, -0.1) is 0 Å². The number of para-hydroxylation sites is 1. The Morgan fingerprint density at radius 3 is 2.91 bits per heavy atom. The van der Waals surface area contributed by atoms with Crippen LogP contribution >= 0.6 is 0 Å². The van der Waals surface area contributed by atoms with Gasteiger partial charge < -0.3 is 14.7 Å². The summed E-state index contributed by atoms with van der Waals surface area (Å²) in [5, 5.41) is 7.13. The maximum atomic E-state index is 12.7. The van der Waals surface area contributed by atoms with Gasteiger partial charge in [0.25, 0.3) is 0 Å². The highest BCUT2D eigenvalue weighted by molar-refractivity contribution is 5.90. The number of amides is 2. The molecule has 1 aromatic heterocycles. The van der Waals surface area contributed by atoms with E-state index < -0.39 is 0 Å². The van der Waals surface area contributed by atoms with Crippen molar-refractivity contribution in [2.45, 2.75) is 46.1 Å². The summed E-state index contributed by atoms with van der Waals surface area (Å²) in [5.74, 6) is 0.892. The Kier molecular flexibility index (Phi) is 4.37. The summed E-state index contributed by atoms with van der Waals surface area (Å²) in [5.41, 5.74) is 3.90. The Bertz CT molecular complexity index is 708. The number of nitrogens with one attached hydrogen (secondary N) is 1. The van der Waals surface area contributed by atoms with E-state index in [-0.39, 0.29) is 12.1 Å². The highest BCUT2D eigenvalue weighted by atomic mass is 16.5. The second kappa shape index (κ2) is 6.44. The van der Waals surface area contributed by atoms with Crippen LogP contribution in [0.3, 0.4) is 0 Å². The van der Waals surface area contributed by atoms with Gasteiger partial charge >= 0.3 is 6.03 Å². The van der Waals surface area contributed by atoms with Crippen LogP contribution in [-0.2, 0) is 6.42 Å². The topological polar surface area (TPSA) is 58.4 Å². The van der Waals surface area contributed by atoms with E-state index in [9.17, 15) is 4.79 Å². The van der Waals surface area contributed by atoms with Gasteiger partial charge in [0.1, 0.15) is 5.76 Å². The van der Waals surface area contributed by atoms with Crippen LogP contribution in [-0.4, -0.2) is 22.6 Å². The molecule has 2 aromatic rings. The molecule has 3 rings (SSSR count). The van der Waals surface area contributed by atoms with Gasteiger partial charge in [-0.2, -0.15) is 0 Å². The van der Waals surface area contributed by atoms with Gasteiger partial charge in [-0.05, 0) is 38.3 Å². The molecule has 5 nitrogen and oxygen atoms in total. The second-order valence-electron chi connectivity index (χ2n) is 6.05. The van der Waals surface area contributed by atoms with Crippen LogP contribution in [0.4, 0.5) is 10.5 Å². The zero-order chi connectivity index (χ0) is 16.4. The molecular formula is C18H23N3O2. The largest absolute Gasteiger partial charge is 0.361 e. The molecule has 1 atom stereocenters. The Morgan fingerprint density at radius 2 is 2.17 bits per heavy atom. The maximum Gasteiger partial charge on any atom is 0.322 e. The van der Waals surface area contributed by atoms with Crippen molar-refractivity contribution in [3.63, 3.8) is 0 Å². The SMILES string of the molecule is CCc1onc(C)c1[C@@H]1CCCN1C(=O)Nc1ccccc1C. The molecule has 1 fully saturated rings. The molecular weight excluding hydrogens is 290 g/mol. The number of carbonyl (C=O) groups is 1. The Morgan fingerprint density at radius 1 is 1.39 bits per heavy atom. The first-order valence-corrected chi connectivity index (χ1v) is 8.20. The van der Waals surface area contributed by atoms with Crippen molar-refractivity contribution >= 4 is 11.7 Å². The first-order chi connectivity index (χ1) is 11.1. The van der Waals surface area contributed by atoms with Gasteiger partial charge in [0.2, 0.25) is 0 Å². The fourth-order valence-corrected chi connectivity index (χ4v) is 3.32. The number of aryl methyl sites for hydroxylation is 3. The van der Waals surface area contributed by atoms with E-state index in [0.717, 1.165) is 54.1 Å². The second-order valence-corrected chi connectivity index (χ2v) is 6.05. The zero-order valence-electron chi connectivity index (χ0n) is 13.9. The molecule has 1 aliphatic rings. The van der Waals surface area contributed by atoms with Crippen LogP contribution in [0, 0.1) is 13.8 Å². The number of likely N-dealkylation sites (tertiary alicyclic amines) is 1. The van der Waals surface area contributed by atoms with E-state index >= 15 is 0 Å². The average Bonchev–Trinajstić information content (AvgIpc) is 3.15. The summed E-state index contributed by atoms with van der Waals surface area (Å²) in [4.78, 5) is 14.7. The maximum absolute atomic E-state index is 12.7. The third-order valence-corrected chi connectivity index (χ3v) is 4.54. The third-order valence-electron chi connectivity index (χ3n) is 4.54. The van der Waals surface area contributed by atoms with Crippen LogP contribution in [0.1, 0.15) is 48.4 Å². The summed E-state index contributed by atoms with van der Waals surface area (Å²) < 4.78 is 5.41. The number of benzene rings is 1. The van der Waals surface area contributed by atoms with Gasteiger partial charge in [-0.1, -0.05) is 30.3 Å².